The Labute approximate surface area is 116 Å². The fraction of sp³-hybridized carbons (Fsp3) is 0.308. The molecule has 0 aliphatic rings. The molecular formula is C13H15ClN4O. The topological polar surface area (TPSA) is 70.7 Å². The Balaban J connectivity index is 1.91. The number of H-pyrrole nitrogens is 1. The minimum atomic E-state index is -0.284. The zero-order valence-electron chi connectivity index (χ0n) is 10.6. The highest BCUT2D eigenvalue weighted by Gasteiger charge is 2.11. The highest BCUT2D eigenvalue weighted by atomic mass is 35.5. The Morgan fingerprint density at radius 1 is 1.37 bits per heavy atom. The Morgan fingerprint density at radius 3 is 2.79 bits per heavy atom. The van der Waals surface area contributed by atoms with Crippen molar-refractivity contribution in [3.8, 4) is 0 Å². The number of amides is 1. The molecule has 1 heterocycles. The SMILES string of the molecule is CCCc1nc(C(=O)NCc2ccc(Cl)cc2)n[nH]1. The van der Waals surface area contributed by atoms with E-state index in [0.29, 0.717) is 11.6 Å². The molecule has 0 unspecified atom stereocenters. The third-order valence-electron chi connectivity index (χ3n) is 2.59. The Morgan fingerprint density at radius 2 is 2.11 bits per heavy atom. The molecule has 0 bridgehead atoms. The van der Waals surface area contributed by atoms with Crippen LogP contribution in [0, 0.1) is 0 Å². The number of carbonyl (C=O) groups is 1. The van der Waals surface area contributed by atoms with Gasteiger partial charge in [0.15, 0.2) is 0 Å². The van der Waals surface area contributed by atoms with Gasteiger partial charge in [-0.3, -0.25) is 9.89 Å². The second kappa shape index (κ2) is 6.33. The van der Waals surface area contributed by atoms with Gasteiger partial charge in [-0.05, 0) is 24.1 Å². The first-order valence-electron chi connectivity index (χ1n) is 6.13. The van der Waals surface area contributed by atoms with Crippen LogP contribution in [-0.2, 0) is 13.0 Å². The van der Waals surface area contributed by atoms with Crippen LogP contribution in [0.1, 0.15) is 35.4 Å². The van der Waals surface area contributed by atoms with Crippen molar-refractivity contribution in [2.24, 2.45) is 0 Å². The van der Waals surface area contributed by atoms with E-state index in [1.54, 1.807) is 12.1 Å². The minimum absolute atomic E-state index is 0.178. The van der Waals surface area contributed by atoms with Crippen LogP contribution in [0.5, 0.6) is 0 Å². The predicted molar refractivity (Wildman–Crippen MR) is 73.0 cm³/mol. The van der Waals surface area contributed by atoms with Gasteiger partial charge in [0.25, 0.3) is 5.91 Å². The summed E-state index contributed by atoms with van der Waals surface area (Å²) in [6.45, 7) is 2.47. The standard InChI is InChI=1S/C13H15ClN4O/c1-2-3-11-16-12(18-17-11)13(19)15-8-9-4-6-10(14)7-5-9/h4-7H,2-3,8H2,1H3,(H,15,19)(H,16,17,18). The van der Waals surface area contributed by atoms with E-state index in [9.17, 15) is 4.79 Å². The van der Waals surface area contributed by atoms with E-state index >= 15 is 0 Å². The summed E-state index contributed by atoms with van der Waals surface area (Å²) in [6.07, 6.45) is 1.75. The summed E-state index contributed by atoms with van der Waals surface area (Å²) in [5.74, 6) is 0.630. The van der Waals surface area contributed by atoms with E-state index in [1.165, 1.54) is 0 Å². The molecule has 2 N–H and O–H groups in total. The van der Waals surface area contributed by atoms with Gasteiger partial charge in [-0.2, -0.15) is 0 Å². The van der Waals surface area contributed by atoms with Crippen LogP contribution < -0.4 is 5.32 Å². The number of hydrogen-bond donors (Lipinski definition) is 2. The van der Waals surface area contributed by atoms with Gasteiger partial charge in [0.2, 0.25) is 5.82 Å². The molecule has 0 atom stereocenters. The molecule has 0 spiro atoms. The second-order valence-corrected chi connectivity index (χ2v) is 4.60. The number of hydrogen-bond acceptors (Lipinski definition) is 3. The van der Waals surface area contributed by atoms with Crippen molar-refractivity contribution in [3.63, 3.8) is 0 Å². The lowest BCUT2D eigenvalue weighted by Crippen LogP contribution is -2.24. The van der Waals surface area contributed by atoms with Crippen molar-refractivity contribution in [1.82, 2.24) is 20.5 Å². The van der Waals surface area contributed by atoms with Gasteiger partial charge in [0.05, 0.1) is 0 Å². The maximum Gasteiger partial charge on any atom is 0.291 e. The van der Waals surface area contributed by atoms with Crippen molar-refractivity contribution in [2.45, 2.75) is 26.3 Å². The van der Waals surface area contributed by atoms with Crippen LogP contribution in [0.25, 0.3) is 0 Å². The number of nitrogens with zero attached hydrogens (tertiary/aromatic N) is 2. The number of aromatic nitrogens is 3. The Hall–Kier alpha value is -1.88. The molecule has 0 radical (unpaired) electrons. The van der Waals surface area contributed by atoms with Gasteiger partial charge in [0, 0.05) is 18.0 Å². The van der Waals surface area contributed by atoms with Crippen LogP contribution >= 0.6 is 11.6 Å². The smallest absolute Gasteiger partial charge is 0.291 e. The summed E-state index contributed by atoms with van der Waals surface area (Å²) in [5, 5.41) is 10.1. The van der Waals surface area contributed by atoms with E-state index in [4.69, 9.17) is 11.6 Å². The molecule has 6 heteroatoms. The highest BCUT2D eigenvalue weighted by molar-refractivity contribution is 6.30. The number of benzene rings is 1. The lowest BCUT2D eigenvalue weighted by Gasteiger charge is -2.02. The van der Waals surface area contributed by atoms with Gasteiger partial charge in [-0.25, -0.2) is 4.98 Å². The Bertz CT molecular complexity index is 550. The van der Waals surface area contributed by atoms with E-state index < -0.39 is 0 Å². The summed E-state index contributed by atoms with van der Waals surface area (Å²) < 4.78 is 0. The van der Waals surface area contributed by atoms with Crippen molar-refractivity contribution in [3.05, 3.63) is 46.5 Å². The summed E-state index contributed by atoms with van der Waals surface area (Å²) in [7, 11) is 0. The van der Waals surface area contributed by atoms with Gasteiger partial charge in [-0.15, -0.1) is 5.10 Å². The molecule has 5 nitrogen and oxygen atoms in total. The minimum Gasteiger partial charge on any atom is -0.345 e. The molecule has 100 valence electrons. The van der Waals surface area contributed by atoms with Crippen molar-refractivity contribution in [1.29, 1.82) is 0 Å². The van der Waals surface area contributed by atoms with Gasteiger partial charge in [-0.1, -0.05) is 30.7 Å². The molecule has 0 aliphatic carbocycles. The first kappa shape index (κ1) is 13.5. The molecule has 1 amide bonds. The first-order chi connectivity index (χ1) is 9.19. The third kappa shape index (κ3) is 3.79. The van der Waals surface area contributed by atoms with E-state index in [-0.39, 0.29) is 11.7 Å². The molecule has 0 aliphatic heterocycles. The number of aryl methyl sites for hydroxylation is 1. The lowest BCUT2D eigenvalue weighted by molar-refractivity contribution is 0.0941. The van der Waals surface area contributed by atoms with Gasteiger partial charge < -0.3 is 5.32 Å². The molecule has 2 rings (SSSR count). The average Bonchev–Trinajstić information content (AvgIpc) is 2.87. The lowest BCUT2D eigenvalue weighted by atomic mass is 10.2. The van der Waals surface area contributed by atoms with Gasteiger partial charge >= 0.3 is 0 Å². The largest absolute Gasteiger partial charge is 0.345 e. The number of rotatable bonds is 5. The number of aromatic amines is 1. The van der Waals surface area contributed by atoms with Crippen molar-refractivity contribution >= 4 is 17.5 Å². The Kier molecular flexibility index (Phi) is 4.52. The van der Waals surface area contributed by atoms with Crippen molar-refractivity contribution in [2.75, 3.05) is 0 Å². The maximum atomic E-state index is 11.8. The summed E-state index contributed by atoms with van der Waals surface area (Å²) in [5.41, 5.74) is 0.974. The summed E-state index contributed by atoms with van der Waals surface area (Å²) in [6, 6.07) is 7.30. The molecule has 0 saturated heterocycles. The first-order valence-corrected chi connectivity index (χ1v) is 6.50. The highest BCUT2D eigenvalue weighted by Crippen LogP contribution is 2.09. The van der Waals surface area contributed by atoms with Gasteiger partial charge in [0.1, 0.15) is 5.82 Å². The van der Waals surface area contributed by atoms with E-state index in [2.05, 4.69) is 20.5 Å². The fourth-order valence-electron chi connectivity index (χ4n) is 1.61. The molecule has 19 heavy (non-hydrogen) atoms. The monoisotopic (exact) mass is 278 g/mol. The molecule has 0 saturated carbocycles. The maximum absolute atomic E-state index is 11.8. The van der Waals surface area contributed by atoms with Crippen molar-refractivity contribution < 1.29 is 4.79 Å². The van der Waals surface area contributed by atoms with E-state index in [1.807, 2.05) is 19.1 Å². The molecule has 2 aromatic rings. The zero-order chi connectivity index (χ0) is 13.7. The molecule has 0 fully saturated rings. The third-order valence-corrected chi connectivity index (χ3v) is 2.84. The van der Waals surface area contributed by atoms with E-state index in [0.717, 1.165) is 24.2 Å². The van der Waals surface area contributed by atoms with Crippen LogP contribution in [-0.4, -0.2) is 21.1 Å². The quantitative estimate of drug-likeness (QED) is 0.882. The normalized spacial score (nSPS) is 10.4. The number of nitrogens with one attached hydrogen (secondary N) is 2. The van der Waals surface area contributed by atoms with Crippen LogP contribution in [0.15, 0.2) is 24.3 Å². The van der Waals surface area contributed by atoms with Crippen LogP contribution in [0.2, 0.25) is 5.02 Å². The predicted octanol–water partition coefficient (Wildman–Crippen LogP) is 2.34. The zero-order valence-corrected chi connectivity index (χ0v) is 11.4. The fourth-order valence-corrected chi connectivity index (χ4v) is 1.74. The van der Waals surface area contributed by atoms with Crippen LogP contribution in [0.4, 0.5) is 0 Å². The second-order valence-electron chi connectivity index (χ2n) is 4.16. The molecular weight excluding hydrogens is 264 g/mol. The number of carbonyl (C=O) groups excluding carboxylic acids is 1. The summed E-state index contributed by atoms with van der Waals surface area (Å²) in [4.78, 5) is 15.9. The van der Waals surface area contributed by atoms with Crippen LogP contribution in [0.3, 0.4) is 0 Å². The molecule has 1 aromatic heterocycles. The molecule has 1 aromatic carbocycles. The number of halogens is 1. The summed E-state index contributed by atoms with van der Waals surface area (Å²) >= 11 is 5.79. The average molecular weight is 279 g/mol.